The van der Waals surface area contributed by atoms with E-state index in [1.54, 1.807) is 23.1 Å². The summed E-state index contributed by atoms with van der Waals surface area (Å²) in [6.07, 6.45) is 3.54. The molecule has 1 aliphatic heterocycles. The van der Waals surface area contributed by atoms with E-state index in [0.29, 0.717) is 49.0 Å². The van der Waals surface area contributed by atoms with E-state index in [0.717, 1.165) is 0 Å². The Bertz CT molecular complexity index is 937. The first kappa shape index (κ1) is 21.3. The fourth-order valence-corrected chi connectivity index (χ4v) is 3.73. The fraction of sp³-hybridized carbons (Fsp3) is 0.480. The number of carbonyl (C=O) groups is 2. The molecule has 1 aromatic carbocycles. The number of pyridine rings is 1. The van der Waals surface area contributed by atoms with Crippen LogP contribution in [0.2, 0.25) is 0 Å². The first-order valence-electron chi connectivity index (χ1n) is 11.0. The predicted octanol–water partition coefficient (Wildman–Crippen LogP) is 4.97. The van der Waals surface area contributed by atoms with E-state index in [9.17, 15) is 9.59 Å². The van der Waals surface area contributed by atoms with Crippen molar-refractivity contribution in [2.24, 2.45) is 0 Å². The van der Waals surface area contributed by atoms with Gasteiger partial charge in [0.1, 0.15) is 17.4 Å². The average Bonchev–Trinajstić information content (AvgIpc) is 3.58. The van der Waals surface area contributed by atoms with Gasteiger partial charge in [-0.2, -0.15) is 0 Å². The van der Waals surface area contributed by atoms with Crippen molar-refractivity contribution in [3.8, 4) is 5.88 Å². The van der Waals surface area contributed by atoms with Crippen molar-refractivity contribution in [3.05, 3.63) is 59.3 Å². The summed E-state index contributed by atoms with van der Waals surface area (Å²) in [5.41, 5.74) is 1.82. The monoisotopic (exact) mass is 422 g/mol. The molecule has 1 saturated carbocycles. The summed E-state index contributed by atoms with van der Waals surface area (Å²) in [6.45, 7) is 6.74. The number of hydrogen-bond donors (Lipinski definition) is 0. The molecule has 1 aromatic heterocycles. The zero-order chi connectivity index (χ0) is 22.0. The largest absolute Gasteiger partial charge is 0.474 e. The van der Waals surface area contributed by atoms with Crippen LogP contribution in [0.4, 0.5) is 4.79 Å². The van der Waals surface area contributed by atoms with Gasteiger partial charge in [0.2, 0.25) is 11.7 Å². The lowest BCUT2D eigenvalue weighted by Crippen LogP contribution is -2.44. The van der Waals surface area contributed by atoms with Gasteiger partial charge in [0, 0.05) is 37.6 Å². The third kappa shape index (κ3) is 5.63. The molecular weight excluding hydrogens is 392 g/mol. The number of amides is 1. The average molecular weight is 423 g/mol. The summed E-state index contributed by atoms with van der Waals surface area (Å²) in [7, 11) is 0. The smallest absolute Gasteiger partial charge is 0.410 e. The minimum absolute atomic E-state index is 0.0469. The number of likely N-dealkylation sites (tertiary alicyclic amines) is 1. The van der Waals surface area contributed by atoms with Crippen molar-refractivity contribution in [2.45, 2.75) is 64.1 Å². The Labute approximate surface area is 183 Å². The van der Waals surface area contributed by atoms with Crippen LogP contribution in [-0.4, -0.2) is 46.6 Å². The van der Waals surface area contributed by atoms with Crippen LogP contribution in [0.15, 0.2) is 42.5 Å². The van der Waals surface area contributed by atoms with Crippen LogP contribution in [0.5, 0.6) is 5.88 Å². The van der Waals surface area contributed by atoms with Crippen molar-refractivity contribution in [3.63, 3.8) is 0 Å². The molecule has 2 fully saturated rings. The van der Waals surface area contributed by atoms with E-state index in [1.165, 1.54) is 18.4 Å². The first-order chi connectivity index (χ1) is 14.8. The molecule has 1 amide bonds. The third-order valence-electron chi connectivity index (χ3n) is 5.56. The van der Waals surface area contributed by atoms with Crippen LogP contribution in [-0.2, 0) is 4.74 Å². The molecule has 0 atom stereocenters. The molecule has 0 N–H and O–H groups in total. The van der Waals surface area contributed by atoms with E-state index < -0.39 is 5.60 Å². The number of benzene rings is 1. The van der Waals surface area contributed by atoms with Gasteiger partial charge in [-0.15, -0.1) is 0 Å². The molecule has 4 rings (SSSR count). The Morgan fingerprint density at radius 2 is 1.65 bits per heavy atom. The maximum atomic E-state index is 12.8. The normalized spacial score (nSPS) is 17.3. The highest BCUT2D eigenvalue weighted by Crippen LogP contribution is 2.40. The van der Waals surface area contributed by atoms with Gasteiger partial charge in [0.05, 0.1) is 0 Å². The lowest BCUT2D eigenvalue weighted by Gasteiger charge is -2.33. The molecule has 2 aliphatic rings. The lowest BCUT2D eigenvalue weighted by molar-refractivity contribution is 0.0122. The molecule has 1 aliphatic carbocycles. The zero-order valence-corrected chi connectivity index (χ0v) is 18.5. The van der Waals surface area contributed by atoms with E-state index in [1.807, 2.05) is 45.0 Å². The van der Waals surface area contributed by atoms with Crippen molar-refractivity contribution in [1.82, 2.24) is 9.88 Å². The fourth-order valence-electron chi connectivity index (χ4n) is 3.73. The van der Waals surface area contributed by atoms with Crippen LogP contribution in [0.1, 0.15) is 74.0 Å². The van der Waals surface area contributed by atoms with Gasteiger partial charge in [-0.1, -0.05) is 30.3 Å². The van der Waals surface area contributed by atoms with E-state index >= 15 is 0 Å². The number of aromatic nitrogens is 1. The Balaban J connectivity index is 1.33. The van der Waals surface area contributed by atoms with Crippen molar-refractivity contribution < 1.29 is 19.1 Å². The van der Waals surface area contributed by atoms with Gasteiger partial charge in [0.25, 0.3) is 0 Å². The molecule has 6 nitrogen and oxygen atoms in total. The second-order valence-electron chi connectivity index (χ2n) is 9.37. The predicted molar refractivity (Wildman–Crippen MR) is 118 cm³/mol. The van der Waals surface area contributed by atoms with Crippen LogP contribution in [0.25, 0.3) is 0 Å². The highest BCUT2D eigenvalue weighted by molar-refractivity contribution is 6.07. The van der Waals surface area contributed by atoms with Crippen molar-refractivity contribution in [1.29, 1.82) is 0 Å². The molecule has 0 bridgehead atoms. The number of hydrogen-bond acceptors (Lipinski definition) is 5. The van der Waals surface area contributed by atoms with Crippen molar-refractivity contribution in [2.75, 3.05) is 13.1 Å². The minimum Gasteiger partial charge on any atom is -0.474 e. The Morgan fingerprint density at radius 1 is 0.968 bits per heavy atom. The second-order valence-corrected chi connectivity index (χ2v) is 9.37. The summed E-state index contributed by atoms with van der Waals surface area (Å²) in [4.78, 5) is 31.2. The summed E-state index contributed by atoms with van der Waals surface area (Å²) in [5, 5.41) is 0. The topological polar surface area (TPSA) is 68.7 Å². The van der Waals surface area contributed by atoms with Crippen LogP contribution < -0.4 is 4.74 Å². The summed E-state index contributed by atoms with van der Waals surface area (Å²) in [5.74, 6) is 1.00. The maximum Gasteiger partial charge on any atom is 0.410 e. The third-order valence-corrected chi connectivity index (χ3v) is 5.56. The number of nitrogens with zero attached hydrogens (tertiary/aromatic N) is 2. The molecule has 6 heteroatoms. The standard InChI is InChI=1S/C25H30N2O4/c1-25(2,3)31-24(29)27-15-13-20(14-16-27)30-22-6-4-5-21(26-22)23(28)19-11-9-18(10-12-19)17-7-8-17/h4-6,9-12,17,20H,7-8,13-16H2,1-3H3. The number of rotatable bonds is 5. The molecule has 0 unspecified atom stereocenters. The second kappa shape index (κ2) is 8.69. The lowest BCUT2D eigenvalue weighted by atomic mass is 10.0. The number of ketones is 1. The molecule has 1 saturated heterocycles. The molecule has 0 radical (unpaired) electrons. The Morgan fingerprint density at radius 3 is 2.26 bits per heavy atom. The van der Waals surface area contributed by atoms with E-state index in [4.69, 9.17) is 9.47 Å². The van der Waals surface area contributed by atoms with Gasteiger partial charge >= 0.3 is 6.09 Å². The molecule has 0 spiro atoms. The SMILES string of the molecule is CC(C)(C)OC(=O)N1CCC(Oc2cccc(C(=O)c3ccc(C4CC4)cc3)n2)CC1. The minimum atomic E-state index is -0.500. The maximum absolute atomic E-state index is 12.8. The van der Waals surface area contributed by atoms with Gasteiger partial charge < -0.3 is 14.4 Å². The molecule has 2 heterocycles. The number of ether oxygens (including phenoxy) is 2. The van der Waals surface area contributed by atoms with Gasteiger partial charge in [-0.05, 0) is 51.2 Å². The summed E-state index contributed by atoms with van der Waals surface area (Å²) < 4.78 is 11.5. The highest BCUT2D eigenvalue weighted by atomic mass is 16.6. The van der Waals surface area contributed by atoms with Crippen LogP contribution in [0.3, 0.4) is 0 Å². The first-order valence-corrected chi connectivity index (χ1v) is 11.0. The number of piperidine rings is 1. The molecular formula is C25H30N2O4. The summed E-state index contributed by atoms with van der Waals surface area (Å²) >= 11 is 0. The van der Waals surface area contributed by atoms with Crippen molar-refractivity contribution >= 4 is 11.9 Å². The summed E-state index contributed by atoms with van der Waals surface area (Å²) in [6, 6.07) is 13.1. The van der Waals surface area contributed by atoms with Gasteiger partial charge in [0.15, 0.2) is 0 Å². The molecule has 164 valence electrons. The van der Waals surface area contributed by atoms with Gasteiger partial charge in [-0.3, -0.25) is 4.79 Å². The highest BCUT2D eigenvalue weighted by Gasteiger charge is 2.28. The van der Waals surface area contributed by atoms with Crippen LogP contribution >= 0.6 is 0 Å². The van der Waals surface area contributed by atoms with E-state index in [2.05, 4.69) is 4.98 Å². The van der Waals surface area contributed by atoms with Crippen LogP contribution in [0, 0.1) is 0 Å². The van der Waals surface area contributed by atoms with E-state index in [-0.39, 0.29) is 18.0 Å². The number of carbonyl (C=O) groups excluding carboxylic acids is 2. The quantitative estimate of drug-likeness (QED) is 0.637. The molecule has 31 heavy (non-hydrogen) atoms. The zero-order valence-electron chi connectivity index (χ0n) is 18.5. The van der Waals surface area contributed by atoms with Gasteiger partial charge in [-0.25, -0.2) is 9.78 Å². The Kier molecular flexibility index (Phi) is 5.99. The Hall–Kier alpha value is -2.89. The molecule has 2 aromatic rings.